The number of benzene rings is 2. The van der Waals surface area contributed by atoms with Crippen LogP contribution in [-0.4, -0.2) is 19.1 Å². The van der Waals surface area contributed by atoms with Crippen LogP contribution in [-0.2, 0) is 0 Å². The van der Waals surface area contributed by atoms with E-state index in [1.165, 1.54) is 0 Å². The topological polar surface area (TPSA) is 64.3 Å². The number of nitrogens with two attached hydrogens (primary N) is 1. The summed E-state index contributed by atoms with van der Waals surface area (Å²) < 4.78 is 31.5. The molecule has 6 heteroatoms. The summed E-state index contributed by atoms with van der Waals surface area (Å²) in [5.41, 5.74) is 5.97. The number of amides is 1. The molecule has 0 bridgehead atoms. The highest BCUT2D eigenvalue weighted by Gasteiger charge is 2.11. The van der Waals surface area contributed by atoms with E-state index in [-0.39, 0.29) is 18.7 Å². The minimum atomic E-state index is -0.902. The van der Waals surface area contributed by atoms with Crippen molar-refractivity contribution in [3.05, 3.63) is 59.7 Å². The Bertz CT molecular complexity index is 647. The van der Waals surface area contributed by atoms with Crippen molar-refractivity contribution >= 4 is 11.6 Å². The third kappa shape index (κ3) is 3.92. The van der Waals surface area contributed by atoms with Crippen molar-refractivity contribution in [2.75, 3.05) is 18.9 Å². The predicted molar refractivity (Wildman–Crippen MR) is 75.0 cm³/mol. The summed E-state index contributed by atoms with van der Waals surface area (Å²) in [7, 11) is 0. The van der Waals surface area contributed by atoms with Crippen LogP contribution >= 0.6 is 0 Å². The summed E-state index contributed by atoms with van der Waals surface area (Å²) in [6, 6.07) is 9.74. The maximum atomic E-state index is 13.4. The number of carbonyl (C=O) groups excluding carboxylic acids is 1. The van der Waals surface area contributed by atoms with Crippen molar-refractivity contribution in [1.82, 2.24) is 5.32 Å². The minimum Gasteiger partial charge on any atom is -0.490 e. The summed E-state index contributed by atoms with van der Waals surface area (Å²) in [6.07, 6.45) is 0. The highest BCUT2D eigenvalue weighted by atomic mass is 19.1. The average molecular weight is 292 g/mol. The van der Waals surface area contributed by atoms with Gasteiger partial charge in [0.2, 0.25) is 0 Å². The van der Waals surface area contributed by atoms with Crippen LogP contribution in [0.2, 0.25) is 0 Å². The van der Waals surface area contributed by atoms with Crippen molar-refractivity contribution in [2.24, 2.45) is 0 Å². The highest BCUT2D eigenvalue weighted by Crippen LogP contribution is 2.19. The van der Waals surface area contributed by atoms with Gasteiger partial charge in [0.05, 0.1) is 17.8 Å². The molecule has 110 valence electrons. The monoisotopic (exact) mass is 292 g/mol. The third-order valence-corrected chi connectivity index (χ3v) is 2.74. The van der Waals surface area contributed by atoms with Gasteiger partial charge in [-0.25, -0.2) is 8.78 Å². The highest BCUT2D eigenvalue weighted by molar-refractivity contribution is 5.94. The lowest BCUT2D eigenvalue weighted by molar-refractivity contribution is 0.0943. The summed E-state index contributed by atoms with van der Waals surface area (Å²) in [6.45, 7) is 0.354. The van der Waals surface area contributed by atoms with Crippen LogP contribution in [0.1, 0.15) is 10.4 Å². The number of halogens is 2. The molecule has 0 aliphatic rings. The van der Waals surface area contributed by atoms with Gasteiger partial charge in [0, 0.05) is 6.07 Å². The number of para-hydroxylation sites is 2. The molecule has 0 saturated heterocycles. The third-order valence-electron chi connectivity index (χ3n) is 2.74. The fourth-order valence-electron chi connectivity index (χ4n) is 1.71. The summed E-state index contributed by atoms with van der Waals surface area (Å²) >= 11 is 0. The Balaban J connectivity index is 1.83. The quantitative estimate of drug-likeness (QED) is 0.657. The van der Waals surface area contributed by atoms with Gasteiger partial charge in [-0.1, -0.05) is 12.1 Å². The van der Waals surface area contributed by atoms with E-state index in [1.54, 1.807) is 24.3 Å². The lowest BCUT2D eigenvalue weighted by Gasteiger charge is -2.09. The van der Waals surface area contributed by atoms with E-state index < -0.39 is 17.5 Å². The first kappa shape index (κ1) is 14.8. The second-order valence-electron chi connectivity index (χ2n) is 4.27. The van der Waals surface area contributed by atoms with Gasteiger partial charge in [-0.15, -0.1) is 0 Å². The molecule has 0 unspecified atom stereocenters. The van der Waals surface area contributed by atoms with Gasteiger partial charge in [-0.3, -0.25) is 4.79 Å². The fourth-order valence-corrected chi connectivity index (χ4v) is 1.71. The van der Waals surface area contributed by atoms with Gasteiger partial charge in [0.25, 0.3) is 5.91 Å². The molecule has 4 nitrogen and oxygen atoms in total. The van der Waals surface area contributed by atoms with E-state index in [2.05, 4.69) is 5.32 Å². The molecule has 2 aromatic rings. The van der Waals surface area contributed by atoms with Gasteiger partial charge in [-0.05, 0) is 24.3 Å². The zero-order valence-corrected chi connectivity index (χ0v) is 11.1. The van der Waals surface area contributed by atoms with E-state index in [0.717, 1.165) is 12.1 Å². The first-order chi connectivity index (χ1) is 10.1. The average Bonchev–Trinajstić information content (AvgIpc) is 2.45. The Morgan fingerprint density at radius 1 is 1.19 bits per heavy atom. The molecule has 0 saturated carbocycles. The van der Waals surface area contributed by atoms with Crippen LogP contribution < -0.4 is 15.8 Å². The van der Waals surface area contributed by atoms with Crippen molar-refractivity contribution in [3.8, 4) is 5.75 Å². The Morgan fingerprint density at radius 2 is 1.95 bits per heavy atom. The molecule has 3 N–H and O–H groups in total. The number of hydrogen-bond acceptors (Lipinski definition) is 3. The minimum absolute atomic E-state index is 0.171. The summed E-state index contributed by atoms with van der Waals surface area (Å²) in [5, 5.41) is 2.48. The van der Waals surface area contributed by atoms with Crippen LogP contribution in [0.5, 0.6) is 5.75 Å². The molecule has 1 amide bonds. The number of hydrogen-bond donors (Lipinski definition) is 2. The number of rotatable bonds is 5. The van der Waals surface area contributed by atoms with E-state index >= 15 is 0 Å². The SMILES string of the molecule is Nc1ccccc1OCCNC(=O)c1ccc(F)cc1F. The molecule has 21 heavy (non-hydrogen) atoms. The summed E-state index contributed by atoms with van der Waals surface area (Å²) in [5.74, 6) is -1.75. The molecular weight excluding hydrogens is 278 g/mol. The molecule has 0 aromatic heterocycles. The van der Waals surface area contributed by atoms with Crippen molar-refractivity contribution in [1.29, 1.82) is 0 Å². The standard InChI is InChI=1S/C15H14F2N2O2/c16-10-5-6-11(12(17)9-10)15(20)19-7-8-21-14-4-2-1-3-13(14)18/h1-6,9H,7-8,18H2,(H,19,20). The molecular formula is C15H14F2N2O2. The van der Waals surface area contributed by atoms with Gasteiger partial charge in [0.15, 0.2) is 0 Å². The largest absolute Gasteiger partial charge is 0.490 e. The molecule has 0 atom stereocenters. The number of carbonyl (C=O) groups is 1. The van der Waals surface area contributed by atoms with Crippen LogP contribution in [0.4, 0.5) is 14.5 Å². The molecule has 0 spiro atoms. The predicted octanol–water partition coefficient (Wildman–Crippen LogP) is 2.36. The van der Waals surface area contributed by atoms with Crippen LogP contribution in [0.3, 0.4) is 0 Å². The number of ether oxygens (including phenoxy) is 1. The second kappa shape index (κ2) is 6.69. The van der Waals surface area contributed by atoms with Gasteiger partial charge in [0.1, 0.15) is 24.0 Å². The van der Waals surface area contributed by atoms with E-state index in [1.807, 2.05) is 0 Å². The van der Waals surface area contributed by atoms with Crippen LogP contribution in [0, 0.1) is 11.6 Å². The molecule has 0 aliphatic carbocycles. The van der Waals surface area contributed by atoms with E-state index in [9.17, 15) is 13.6 Å². The molecule has 0 fully saturated rings. The molecule has 0 radical (unpaired) electrons. The fraction of sp³-hybridized carbons (Fsp3) is 0.133. The second-order valence-corrected chi connectivity index (χ2v) is 4.27. The van der Waals surface area contributed by atoms with Gasteiger partial charge in [-0.2, -0.15) is 0 Å². The number of nitrogens with one attached hydrogen (secondary N) is 1. The smallest absolute Gasteiger partial charge is 0.254 e. The Kier molecular flexibility index (Phi) is 4.71. The first-order valence-corrected chi connectivity index (χ1v) is 6.28. The van der Waals surface area contributed by atoms with E-state index in [0.29, 0.717) is 17.5 Å². The summed E-state index contributed by atoms with van der Waals surface area (Å²) in [4.78, 5) is 11.7. The zero-order valence-electron chi connectivity index (χ0n) is 11.1. The Morgan fingerprint density at radius 3 is 2.67 bits per heavy atom. The van der Waals surface area contributed by atoms with Crippen molar-refractivity contribution < 1.29 is 18.3 Å². The lowest BCUT2D eigenvalue weighted by Crippen LogP contribution is -2.28. The van der Waals surface area contributed by atoms with Gasteiger partial charge >= 0.3 is 0 Å². The van der Waals surface area contributed by atoms with Crippen LogP contribution in [0.25, 0.3) is 0 Å². The molecule has 0 heterocycles. The zero-order chi connectivity index (χ0) is 15.2. The Labute approximate surface area is 120 Å². The normalized spacial score (nSPS) is 10.2. The lowest BCUT2D eigenvalue weighted by atomic mass is 10.2. The molecule has 2 rings (SSSR count). The van der Waals surface area contributed by atoms with Crippen molar-refractivity contribution in [2.45, 2.75) is 0 Å². The molecule has 2 aromatic carbocycles. The maximum Gasteiger partial charge on any atom is 0.254 e. The Hall–Kier alpha value is -2.63. The first-order valence-electron chi connectivity index (χ1n) is 6.28. The maximum absolute atomic E-state index is 13.4. The van der Waals surface area contributed by atoms with Crippen LogP contribution in [0.15, 0.2) is 42.5 Å². The van der Waals surface area contributed by atoms with Gasteiger partial charge < -0.3 is 15.8 Å². The van der Waals surface area contributed by atoms with E-state index in [4.69, 9.17) is 10.5 Å². The molecule has 0 aliphatic heterocycles. The number of nitrogen functional groups attached to an aromatic ring is 1. The number of anilines is 1. The van der Waals surface area contributed by atoms with Crippen molar-refractivity contribution in [3.63, 3.8) is 0 Å².